The van der Waals surface area contributed by atoms with Crippen LogP contribution in [0.4, 0.5) is 5.69 Å². The van der Waals surface area contributed by atoms with E-state index < -0.39 is 10.0 Å². The molecule has 3 saturated heterocycles. The molecule has 4 atom stereocenters. The molecule has 25 heavy (non-hydrogen) atoms. The predicted octanol–water partition coefficient (Wildman–Crippen LogP) is -0.150. The molecule has 7 heteroatoms. The molecular weight excluding hydrogens is 338 g/mol. The van der Waals surface area contributed by atoms with Gasteiger partial charge in [-0.05, 0) is 30.2 Å². The summed E-state index contributed by atoms with van der Waals surface area (Å²) in [4.78, 5) is 12.6. The second-order valence-corrected chi connectivity index (χ2v) is 8.69. The summed E-state index contributed by atoms with van der Waals surface area (Å²) in [5, 5.41) is 2.62. The lowest BCUT2D eigenvalue weighted by atomic mass is 9.76. The van der Waals surface area contributed by atoms with E-state index in [2.05, 4.69) is 16.0 Å². The van der Waals surface area contributed by atoms with Crippen molar-refractivity contribution in [2.75, 3.05) is 25.0 Å². The lowest BCUT2D eigenvalue weighted by molar-refractivity contribution is -0.943. The number of benzene rings is 1. The van der Waals surface area contributed by atoms with Gasteiger partial charge in [0.05, 0.1) is 30.4 Å². The van der Waals surface area contributed by atoms with Gasteiger partial charge in [-0.3, -0.25) is 4.79 Å². The number of terminal acetylenes is 1. The van der Waals surface area contributed by atoms with Crippen LogP contribution in [0.2, 0.25) is 0 Å². The highest BCUT2D eigenvalue weighted by molar-refractivity contribution is 7.89. The monoisotopic (exact) mass is 362 g/mol. The fourth-order valence-electron chi connectivity index (χ4n) is 3.95. The van der Waals surface area contributed by atoms with Crippen molar-refractivity contribution in [2.45, 2.75) is 30.7 Å². The molecule has 0 spiro atoms. The first-order valence-electron chi connectivity index (χ1n) is 8.57. The van der Waals surface area contributed by atoms with Crippen molar-refractivity contribution in [2.24, 2.45) is 11.8 Å². The lowest BCUT2D eigenvalue weighted by Gasteiger charge is -2.45. The first kappa shape index (κ1) is 17.9. The molecule has 3 fully saturated rings. The Balaban J connectivity index is 1.61. The van der Waals surface area contributed by atoms with Crippen molar-refractivity contribution in [3.63, 3.8) is 0 Å². The average molecular weight is 362 g/mol. The standard InChI is InChI=1S/C18H23N3O3S/c1-3-14-12-21-9-8-15(14)10-17(21)11-19-25(23,24)18-6-4-16(5-7-18)20-13(2)22/h1,4-7,14-15,17,19H,8-12H2,2H3,(H,20,22)/p+1/t14-,15-,17+/m0/s1. The molecular formula is C18H24N3O3S+. The van der Waals surface area contributed by atoms with Gasteiger partial charge in [-0.25, -0.2) is 13.1 Å². The number of hydrogen-bond donors (Lipinski definition) is 3. The van der Waals surface area contributed by atoms with Crippen LogP contribution in [0.5, 0.6) is 0 Å². The Morgan fingerprint density at radius 1 is 1.36 bits per heavy atom. The molecule has 0 aromatic heterocycles. The number of anilines is 1. The smallest absolute Gasteiger partial charge is 0.240 e. The number of quaternary nitrogens is 1. The highest BCUT2D eigenvalue weighted by Gasteiger charge is 2.42. The summed E-state index contributed by atoms with van der Waals surface area (Å²) in [5.41, 5.74) is 0.576. The van der Waals surface area contributed by atoms with Gasteiger partial charge in [-0.2, -0.15) is 0 Å². The molecule has 0 aliphatic carbocycles. The summed E-state index contributed by atoms with van der Waals surface area (Å²) in [5.74, 6) is 3.55. The van der Waals surface area contributed by atoms with Crippen LogP contribution in [0.25, 0.3) is 0 Å². The molecule has 2 bridgehead atoms. The Labute approximate surface area is 149 Å². The van der Waals surface area contributed by atoms with E-state index in [-0.39, 0.29) is 16.8 Å². The number of amides is 1. The summed E-state index contributed by atoms with van der Waals surface area (Å²) in [7, 11) is -3.56. The molecule has 6 nitrogen and oxygen atoms in total. The fourth-order valence-corrected chi connectivity index (χ4v) is 5.03. The zero-order chi connectivity index (χ0) is 18.0. The minimum atomic E-state index is -3.56. The van der Waals surface area contributed by atoms with Crippen LogP contribution in [0.1, 0.15) is 19.8 Å². The largest absolute Gasteiger partial charge is 0.330 e. The second-order valence-electron chi connectivity index (χ2n) is 6.92. The van der Waals surface area contributed by atoms with Crippen molar-refractivity contribution in [1.29, 1.82) is 0 Å². The van der Waals surface area contributed by atoms with Gasteiger partial charge in [0, 0.05) is 25.5 Å². The van der Waals surface area contributed by atoms with Crippen molar-refractivity contribution in [1.82, 2.24) is 4.72 Å². The van der Waals surface area contributed by atoms with Crippen LogP contribution in [-0.2, 0) is 14.8 Å². The Morgan fingerprint density at radius 2 is 2.08 bits per heavy atom. The summed E-state index contributed by atoms with van der Waals surface area (Å²) < 4.78 is 27.7. The molecule has 3 aliphatic heterocycles. The van der Waals surface area contributed by atoms with Crippen LogP contribution in [0.3, 0.4) is 0 Å². The van der Waals surface area contributed by atoms with Crippen molar-refractivity contribution >= 4 is 21.6 Å². The number of sulfonamides is 1. The van der Waals surface area contributed by atoms with Gasteiger partial charge >= 0.3 is 0 Å². The van der Waals surface area contributed by atoms with E-state index in [9.17, 15) is 13.2 Å². The minimum absolute atomic E-state index is 0.191. The van der Waals surface area contributed by atoms with Gasteiger partial charge in [-0.1, -0.05) is 5.92 Å². The van der Waals surface area contributed by atoms with Crippen LogP contribution < -0.4 is 14.9 Å². The fraction of sp³-hybridized carbons (Fsp3) is 0.500. The molecule has 1 unspecified atom stereocenters. The summed E-state index contributed by atoms with van der Waals surface area (Å²) >= 11 is 0. The van der Waals surface area contributed by atoms with E-state index in [1.54, 1.807) is 12.1 Å². The highest BCUT2D eigenvalue weighted by atomic mass is 32.2. The van der Waals surface area contributed by atoms with E-state index in [1.165, 1.54) is 24.0 Å². The number of rotatable bonds is 5. The number of fused-ring (bicyclic) bond motifs is 3. The van der Waals surface area contributed by atoms with Crippen molar-refractivity contribution in [3.05, 3.63) is 24.3 Å². The minimum Gasteiger partial charge on any atom is -0.330 e. The van der Waals surface area contributed by atoms with Crippen LogP contribution in [0, 0.1) is 24.2 Å². The lowest BCUT2D eigenvalue weighted by Crippen LogP contribution is -3.20. The molecule has 4 rings (SSSR count). The number of nitrogens with one attached hydrogen (secondary N) is 3. The van der Waals surface area contributed by atoms with Crippen LogP contribution >= 0.6 is 0 Å². The molecule has 3 N–H and O–H groups in total. The quantitative estimate of drug-likeness (QED) is 0.638. The molecule has 3 aliphatic rings. The Hall–Kier alpha value is -1.88. The third-order valence-corrected chi connectivity index (χ3v) is 6.71. The summed E-state index contributed by atoms with van der Waals surface area (Å²) in [6, 6.07) is 6.47. The Bertz CT molecular complexity index is 783. The third kappa shape index (κ3) is 4.03. The predicted molar refractivity (Wildman–Crippen MR) is 95.5 cm³/mol. The van der Waals surface area contributed by atoms with E-state index in [0.717, 1.165) is 25.9 Å². The van der Waals surface area contributed by atoms with Gasteiger partial charge in [0.2, 0.25) is 15.9 Å². The zero-order valence-electron chi connectivity index (χ0n) is 14.3. The van der Waals surface area contributed by atoms with E-state index in [4.69, 9.17) is 6.42 Å². The Morgan fingerprint density at radius 3 is 2.64 bits per heavy atom. The first-order chi connectivity index (χ1) is 11.9. The van der Waals surface area contributed by atoms with Gasteiger partial charge in [0.15, 0.2) is 0 Å². The van der Waals surface area contributed by atoms with Gasteiger partial charge in [0.25, 0.3) is 0 Å². The number of hydrogen-bond acceptors (Lipinski definition) is 3. The topological polar surface area (TPSA) is 79.7 Å². The molecule has 3 heterocycles. The molecule has 0 saturated carbocycles. The maximum atomic E-state index is 12.5. The normalized spacial score (nSPS) is 28.3. The second kappa shape index (κ2) is 7.16. The zero-order valence-corrected chi connectivity index (χ0v) is 15.1. The maximum Gasteiger partial charge on any atom is 0.240 e. The Kier molecular flexibility index (Phi) is 5.13. The maximum absolute atomic E-state index is 12.5. The first-order valence-corrected chi connectivity index (χ1v) is 10.1. The number of carbonyl (C=O) groups is 1. The van der Waals surface area contributed by atoms with E-state index in [1.807, 2.05) is 0 Å². The average Bonchev–Trinajstić information content (AvgIpc) is 2.60. The third-order valence-electron chi connectivity index (χ3n) is 5.27. The van der Waals surface area contributed by atoms with Crippen molar-refractivity contribution < 1.29 is 18.1 Å². The van der Waals surface area contributed by atoms with Crippen LogP contribution in [-0.4, -0.2) is 40.0 Å². The van der Waals surface area contributed by atoms with E-state index >= 15 is 0 Å². The summed E-state index contributed by atoms with van der Waals surface area (Å²) in [6.45, 7) is 3.85. The molecule has 134 valence electrons. The number of piperidine rings is 3. The molecule has 1 aromatic carbocycles. The summed E-state index contributed by atoms with van der Waals surface area (Å²) in [6.07, 6.45) is 7.71. The van der Waals surface area contributed by atoms with E-state index in [0.29, 0.717) is 24.1 Å². The van der Waals surface area contributed by atoms with Gasteiger partial charge < -0.3 is 10.2 Å². The number of carbonyl (C=O) groups excluding carboxylic acids is 1. The SMILES string of the molecule is C#C[C@H]1C[NH+]2CC[C@H]1C[C@@H]2CNS(=O)(=O)c1ccc(NC(C)=O)cc1. The highest BCUT2D eigenvalue weighted by Crippen LogP contribution is 2.26. The molecule has 1 aromatic rings. The van der Waals surface area contributed by atoms with Crippen LogP contribution in [0.15, 0.2) is 29.2 Å². The molecule has 0 radical (unpaired) electrons. The van der Waals surface area contributed by atoms with Gasteiger partial charge in [-0.15, -0.1) is 6.42 Å². The van der Waals surface area contributed by atoms with Crippen molar-refractivity contribution in [3.8, 4) is 12.3 Å². The van der Waals surface area contributed by atoms with Gasteiger partial charge in [0.1, 0.15) is 6.04 Å². The molecule has 1 amide bonds.